The van der Waals surface area contributed by atoms with E-state index in [1.54, 1.807) is 0 Å². The Labute approximate surface area is 440 Å². The van der Waals surface area contributed by atoms with Gasteiger partial charge >= 0.3 is 0 Å². The molecule has 3 nitrogen and oxygen atoms in total. The molecular formula is C72H53N3. The van der Waals surface area contributed by atoms with Gasteiger partial charge in [0.2, 0.25) is 0 Å². The van der Waals surface area contributed by atoms with Crippen molar-refractivity contribution in [2.75, 3.05) is 14.7 Å². The maximum absolute atomic E-state index is 2.34. The second-order valence-corrected chi connectivity index (χ2v) is 18.6. The first-order chi connectivity index (χ1) is 37.2. The van der Waals surface area contributed by atoms with Crippen LogP contribution in [0.4, 0.5) is 51.2 Å². The smallest absolute Gasteiger partial charge is 0.0462 e. The molecule has 0 amide bonds. The van der Waals surface area contributed by atoms with Gasteiger partial charge in [-0.1, -0.05) is 212 Å². The van der Waals surface area contributed by atoms with Crippen LogP contribution in [0.1, 0.15) is 0 Å². The fourth-order valence-electron chi connectivity index (χ4n) is 10.0. The van der Waals surface area contributed by atoms with Crippen LogP contribution in [-0.2, 0) is 0 Å². The largest absolute Gasteiger partial charge is 0.311 e. The number of hydrogen-bond donors (Lipinski definition) is 0. The highest BCUT2D eigenvalue weighted by molar-refractivity contribution is 5.84. The van der Waals surface area contributed by atoms with Crippen LogP contribution in [-0.4, -0.2) is 0 Å². The summed E-state index contributed by atoms with van der Waals surface area (Å²) in [6.45, 7) is 0. The van der Waals surface area contributed by atoms with Crippen molar-refractivity contribution in [3.05, 3.63) is 322 Å². The minimum atomic E-state index is 1.08. The molecule has 0 atom stereocenters. The molecule has 0 heterocycles. The molecule has 0 saturated carbocycles. The first kappa shape index (κ1) is 46.1. The quantitative estimate of drug-likeness (QED) is 0.108. The van der Waals surface area contributed by atoms with E-state index in [1.807, 2.05) is 0 Å². The molecule has 0 unspecified atom stereocenters. The summed E-state index contributed by atoms with van der Waals surface area (Å²) >= 11 is 0. The Bertz CT molecular complexity index is 3430. The van der Waals surface area contributed by atoms with E-state index >= 15 is 0 Å². The Balaban J connectivity index is 0.780. The van der Waals surface area contributed by atoms with E-state index in [2.05, 4.69) is 336 Å². The van der Waals surface area contributed by atoms with Crippen molar-refractivity contribution in [3.8, 4) is 55.6 Å². The van der Waals surface area contributed by atoms with Crippen LogP contribution in [0.2, 0.25) is 0 Å². The Morgan fingerprint density at radius 1 is 0.107 bits per heavy atom. The standard InChI is InChI=1S/C72H53N3/c1-6-16-54(17-7-1)59-34-44-70(45-35-59)75(71-50-40-62(41-51-71)57-30-26-55(27-31-57)60-36-46-68(47-37-60)73(64-18-8-2-9-19-64)65-20-10-3-11-21-65)72-52-42-63(43-53-72)58-32-28-56(29-33-58)61-38-48-69(49-39-61)74(66-22-12-4-13-23-66)67-24-14-5-15-25-67/h1-53H. The molecule has 0 aliphatic carbocycles. The normalized spacial score (nSPS) is 10.9. The van der Waals surface area contributed by atoms with Crippen molar-refractivity contribution in [2.24, 2.45) is 0 Å². The molecule has 12 rings (SSSR count). The van der Waals surface area contributed by atoms with Gasteiger partial charge in [-0.15, -0.1) is 0 Å². The summed E-state index contributed by atoms with van der Waals surface area (Å²) in [6.07, 6.45) is 0. The molecular weight excluding hydrogens is 907 g/mol. The highest BCUT2D eigenvalue weighted by atomic mass is 15.2. The molecule has 0 radical (unpaired) electrons. The number of benzene rings is 12. The van der Waals surface area contributed by atoms with Gasteiger partial charge < -0.3 is 14.7 Å². The second kappa shape index (κ2) is 21.4. The van der Waals surface area contributed by atoms with Crippen molar-refractivity contribution < 1.29 is 0 Å². The van der Waals surface area contributed by atoms with Gasteiger partial charge in [-0.25, -0.2) is 0 Å². The van der Waals surface area contributed by atoms with E-state index in [0.717, 1.165) is 62.3 Å². The topological polar surface area (TPSA) is 9.72 Å². The van der Waals surface area contributed by atoms with Crippen LogP contribution in [0, 0.1) is 0 Å². The molecule has 0 bridgehead atoms. The van der Waals surface area contributed by atoms with Crippen molar-refractivity contribution >= 4 is 51.2 Å². The van der Waals surface area contributed by atoms with Gasteiger partial charge in [0, 0.05) is 51.2 Å². The third-order valence-electron chi connectivity index (χ3n) is 13.9. The first-order valence-electron chi connectivity index (χ1n) is 25.6. The van der Waals surface area contributed by atoms with Crippen molar-refractivity contribution in [1.82, 2.24) is 0 Å². The fourth-order valence-corrected chi connectivity index (χ4v) is 10.0. The van der Waals surface area contributed by atoms with Gasteiger partial charge in [0.15, 0.2) is 0 Å². The molecule has 0 saturated heterocycles. The monoisotopic (exact) mass is 959 g/mol. The molecule has 0 spiro atoms. The van der Waals surface area contributed by atoms with Crippen LogP contribution in [0.15, 0.2) is 322 Å². The van der Waals surface area contributed by atoms with E-state index in [9.17, 15) is 0 Å². The lowest BCUT2D eigenvalue weighted by Gasteiger charge is -2.26. The summed E-state index contributed by atoms with van der Waals surface area (Å²) < 4.78 is 0. The van der Waals surface area contributed by atoms with E-state index in [1.165, 1.54) is 44.5 Å². The number of nitrogens with zero attached hydrogens (tertiary/aromatic N) is 3. The number of anilines is 9. The molecule has 3 heteroatoms. The Morgan fingerprint density at radius 3 is 0.400 bits per heavy atom. The summed E-state index contributed by atoms with van der Waals surface area (Å²) in [5.41, 5.74) is 21.8. The van der Waals surface area contributed by atoms with Crippen LogP contribution in [0.25, 0.3) is 55.6 Å². The van der Waals surface area contributed by atoms with E-state index in [-0.39, 0.29) is 0 Å². The summed E-state index contributed by atoms with van der Waals surface area (Å²) in [4.78, 5) is 6.93. The molecule has 0 N–H and O–H groups in total. The Hall–Kier alpha value is -9.96. The van der Waals surface area contributed by atoms with Crippen LogP contribution in [0.3, 0.4) is 0 Å². The molecule has 75 heavy (non-hydrogen) atoms. The van der Waals surface area contributed by atoms with Gasteiger partial charge in [0.05, 0.1) is 0 Å². The predicted molar refractivity (Wildman–Crippen MR) is 318 cm³/mol. The predicted octanol–water partition coefficient (Wildman–Crippen LogP) is 20.4. The number of rotatable bonds is 14. The molecule has 0 aromatic heterocycles. The van der Waals surface area contributed by atoms with Crippen LogP contribution < -0.4 is 14.7 Å². The fraction of sp³-hybridized carbons (Fsp3) is 0. The molecule has 12 aromatic carbocycles. The zero-order valence-electron chi connectivity index (χ0n) is 41.4. The summed E-state index contributed by atoms with van der Waals surface area (Å²) in [6, 6.07) is 115. The van der Waals surface area contributed by atoms with E-state index in [0.29, 0.717) is 0 Å². The third-order valence-corrected chi connectivity index (χ3v) is 13.9. The van der Waals surface area contributed by atoms with Gasteiger partial charge in [0.1, 0.15) is 0 Å². The Morgan fingerprint density at radius 2 is 0.227 bits per heavy atom. The van der Waals surface area contributed by atoms with Crippen LogP contribution in [0.5, 0.6) is 0 Å². The average molecular weight is 960 g/mol. The van der Waals surface area contributed by atoms with Crippen LogP contribution >= 0.6 is 0 Å². The zero-order valence-corrected chi connectivity index (χ0v) is 41.4. The van der Waals surface area contributed by atoms with Gasteiger partial charge in [0.25, 0.3) is 0 Å². The molecule has 0 aliphatic rings. The van der Waals surface area contributed by atoms with E-state index in [4.69, 9.17) is 0 Å². The minimum absolute atomic E-state index is 1.08. The third kappa shape index (κ3) is 10.1. The lowest BCUT2D eigenvalue weighted by molar-refractivity contribution is 1.28. The second-order valence-electron chi connectivity index (χ2n) is 18.6. The van der Waals surface area contributed by atoms with E-state index < -0.39 is 0 Å². The van der Waals surface area contributed by atoms with Gasteiger partial charge in [-0.05, 0) is 165 Å². The Kier molecular flexibility index (Phi) is 13.2. The van der Waals surface area contributed by atoms with Gasteiger partial charge in [-0.3, -0.25) is 0 Å². The van der Waals surface area contributed by atoms with Crippen molar-refractivity contribution in [1.29, 1.82) is 0 Å². The highest BCUT2D eigenvalue weighted by Crippen LogP contribution is 2.40. The maximum atomic E-state index is 2.34. The molecule has 12 aromatic rings. The first-order valence-corrected chi connectivity index (χ1v) is 25.6. The minimum Gasteiger partial charge on any atom is -0.311 e. The summed E-state index contributed by atoms with van der Waals surface area (Å²) in [5.74, 6) is 0. The lowest BCUT2D eigenvalue weighted by atomic mass is 9.99. The lowest BCUT2D eigenvalue weighted by Crippen LogP contribution is -2.09. The highest BCUT2D eigenvalue weighted by Gasteiger charge is 2.17. The number of hydrogen-bond acceptors (Lipinski definition) is 3. The summed E-state index contributed by atoms with van der Waals surface area (Å²) in [7, 11) is 0. The van der Waals surface area contributed by atoms with Gasteiger partial charge in [-0.2, -0.15) is 0 Å². The van der Waals surface area contributed by atoms with Crippen molar-refractivity contribution in [2.45, 2.75) is 0 Å². The van der Waals surface area contributed by atoms with Crippen molar-refractivity contribution in [3.63, 3.8) is 0 Å². The average Bonchev–Trinajstić information content (AvgIpc) is 3.50. The molecule has 0 aliphatic heterocycles. The molecule has 0 fully saturated rings. The molecule has 356 valence electrons. The number of para-hydroxylation sites is 4. The maximum Gasteiger partial charge on any atom is 0.0462 e. The SMILES string of the molecule is c1ccc(-c2ccc(N(c3ccc(-c4ccc(-c5ccc(N(c6ccccc6)c6ccccc6)cc5)cc4)cc3)c3ccc(-c4ccc(-c5ccc(N(c6ccccc6)c6ccccc6)cc5)cc4)cc3)cc2)cc1. The zero-order chi connectivity index (χ0) is 50.2. The summed E-state index contributed by atoms with van der Waals surface area (Å²) in [5, 5.41) is 0.